The minimum absolute atomic E-state index is 0.253. The lowest BCUT2D eigenvalue weighted by molar-refractivity contribution is 0.0321. The number of anilines is 1. The molecule has 1 aliphatic rings. The fraction of sp³-hybridized carbons (Fsp3) is 0.348. The Morgan fingerprint density at radius 3 is 2.50 bits per heavy atom. The Morgan fingerprint density at radius 2 is 1.81 bits per heavy atom. The number of benzene rings is 2. The molecule has 2 heterocycles. The number of aromatic nitrogens is 1. The van der Waals surface area contributed by atoms with Gasteiger partial charge >= 0.3 is 0 Å². The quantitative estimate of drug-likeness (QED) is 0.561. The van der Waals surface area contributed by atoms with Crippen molar-refractivity contribution in [2.24, 2.45) is 0 Å². The zero-order valence-electron chi connectivity index (χ0n) is 18.0. The number of pyridine rings is 1. The molecule has 0 saturated carbocycles. The van der Waals surface area contributed by atoms with Crippen molar-refractivity contribution in [2.45, 2.75) is 0 Å². The summed E-state index contributed by atoms with van der Waals surface area (Å²) in [4.78, 5) is 6.62. The Bertz CT molecular complexity index is 1070. The highest BCUT2D eigenvalue weighted by atomic mass is 19.1. The first-order valence-corrected chi connectivity index (χ1v) is 10.3. The molecule has 0 amide bonds. The van der Waals surface area contributed by atoms with Crippen molar-refractivity contribution < 1.29 is 27.7 Å². The molecule has 1 fully saturated rings. The van der Waals surface area contributed by atoms with E-state index in [0.29, 0.717) is 34.7 Å². The molecule has 2 aromatic carbocycles. The molecule has 0 aliphatic carbocycles. The van der Waals surface area contributed by atoms with E-state index in [0.717, 1.165) is 32.8 Å². The first-order valence-electron chi connectivity index (χ1n) is 10.3. The fourth-order valence-electron chi connectivity index (χ4n) is 3.51. The summed E-state index contributed by atoms with van der Waals surface area (Å²) in [7, 11) is 3.11. The SMILES string of the molecule is CNc1cc(F)c(Oc2ccnc3cc(OCCN4CCOCC4)c(OC)cc23)c(F)c1. The summed E-state index contributed by atoms with van der Waals surface area (Å²) in [5.74, 6) is -0.842. The number of methoxy groups -OCH3 is 1. The van der Waals surface area contributed by atoms with Gasteiger partial charge in [-0.1, -0.05) is 0 Å². The van der Waals surface area contributed by atoms with Crippen LogP contribution in [0.15, 0.2) is 36.5 Å². The summed E-state index contributed by atoms with van der Waals surface area (Å²) in [6.45, 7) is 4.45. The molecule has 0 bridgehead atoms. The van der Waals surface area contributed by atoms with Gasteiger partial charge in [-0.25, -0.2) is 8.78 Å². The average molecular weight is 445 g/mol. The Morgan fingerprint density at radius 1 is 1.06 bits per heavy atom. The van der Waals surface area contributed by atoms with Gasteiger partial charge in [0.25, 0.3) is 0 Å². The molecule has 0 atom stereocenters. The maximum atomic E-state index is 14.4. The predicted molar refractivity (Wildman–Crippen MR) is 117 cm³/mol. The first kappa shape index (κ1) is 22.0. The van der Waals surface area contributed by atoms with Crippen LogP contribution in [0.5, 0.6) is 23.0 Å². The third-order valence-corrected chi connectivity index (χ3v) is 5.25. The monoisotopic (exact) mass is 445 g/mol. The number of nitrogens with one attached hydrogen (secondary N) is 1. The van der Waals surface area contributed by atoms with E-state index in [1.165, 1.54) is 25.4 Å². The zero-order chi connectivity index (χ0) is 22.5. The number of hydrogen-bond acceptors (Lipinski definition) is 7. The standard InChI is InChI=1S/C23H25F2N3O4/c1-26-15-11-17(24)23(18(25)12-15)32-20-3-4-27-19-14-22(21(29-2)13-16(19)20)31-10-7-28-5-8-30-9-6-28/h3-4,11-14,26H,5-10H2,1-2H3. The molecule has 0 radical (unpaired) electrons. The molecule has 1 aliphatic heterocycles. The molecule has 4 rings (SSSR count). The van der Waals surface area contributed by atoms with Crippen molar-refractivity contribution in [3.63, 3.8) is 0 Å². The number of halogens is 2. The van der Waals surface area contributed by atoms with E-state index in [2.05, 4.69) is 15.2 Å². The van der Waals surface area contributed by atoms with Crippen LogP contribution in [0.25, 0.3) is 10.9 Å². The number of morpholine rings is 1. The molecule has 1 N–H and O–H groups in total. The lowest BCUT2D eigenvalue weighted by atomic mass is 10.1. The third kappa shape index (κ3) is 4.84. The number of rotatable bonds is 8. The van der Waals surface area contributed by atoms with Gasteiger partial charge in [0.1, 0.15) is 12.4 Å². The Balaban J connectivity index is 1.58. The molecule has 1 aromatic heterocycles. The summed E-state index contributed by atoms with van der Waals surface area (Å²) in [5.41, 5.74) is 0.866. The van der Waals surface area contributed by atoms with Gasteiger partial charge in [0.15, 0.2) is 28.9 Å². The summed E-state index contributed by atoms with van der Waals surface area (Å²) >= 11 is 0. The van der Waals surface area contributed by atoms with Crippen LogP contribution in [-0.4, -0.2) is 63.5 Å². The lowest BCUT2D eigenvalue weighted by Gasteiger charge is -2.26. The topological polar surface area (TPSA) is 65.1 Å². The molecule has 32 heavy (non-hydrogen) atoms. The Hall–Kier alpha value is -3.17. The van der Waals surface area contributed by atoms with E-state index < -0.39 is 17.4 Å². The second kappa shape index (κ2) is 9.97. The highest BCUT2D eigenvalue weighted by molar-refractivity contribution is 5.88. The van der Waals surface area contributed by atoms with Gasteiger partial charge in [0.2, 0.25) is 0 Å². The van der Waals surface area contributed by atoms with Gasteiger partial charge in [-0.2, -0.15) is 0 Å². The summed E-state index contributed by atoms with van der Waals surface area (Å²) in [5, 5.41) is 3.25. The number of fused-ring (bicyclic) bond motifs is 1. The molecule has 170 valence electrons. The van der Waals surface area contributed by atoms with Crippen LogP contribution >= 0.6 is 0 Å². The maximum absolute atomic E-state index is 14.4. The minimum atomic E-state index is -0.811. The van der Waals surface area contributed by atoms with Crippen molar-refractivity contribution >= 4 is 16.6 Å². The molecular weight excluding hydrogens is 420 g/mol. The first-order chi connectivity index (χ1) is 15.6. The van der Waals surface area contributed by atoms with E-state index >= 15 is 0 Å². The Labute approximate surface area is 184 Å². The van der Waals surface area contributed by atoms with Gasteiger partial charge in [0, 0.05) is 62.2 Å². The smallest absolute Gasteiger partial charge is 0.198 e. The normalized spacial score (nSPS) is 14.4. The molecule has 7 nitrogen and oxygen atoms in total. The van der Waals surface area contributed by atoms with Crippen molar-refractivity contribution in [3.8, 4) is 23.0 Å². The van der Waals surface area contributed by atoms with Gasteiger partial charge < -0.3 is 24.3 Å². The highest BCUT2D eigenvalue weighted by Gasteiger charge is 2.17. The van der Waals surface area contributed by atoms with Gasteiger partial charge in [-0.15, -0.1) is 0 Å². The van der Waals surface area contributed by atoms with Crippen LogP contribution in [0, 0.1) is 11.6 Å². The van der Waals surface area contributed by atoms with Crippen molar-refractivity contribution in [1.82, 2.24) is 9.88 Å². The van der Waals surface area contributed by atoms with Gasteiger partial charge in [-0.05, 0) is 12.1 Å². The van der Waals surface area contributed by atoms with E-state index in [4.69, 9.17) is 18.9 Å². The van der Waals surface area contributed by atoms with Crippen LogP contribution in [-0.2, 0) is 4.74 Å². The van der Waals surface area contributed by atoms with E-state index in [-0.39, 0.29) is 5.75 Å². The van der Waals surface area contributed by atoms with Crippen molar-refractivity contribution in [2.75, 3.05) is 58.9 Å². The highest BCUT2D eigenvalue weighted by Crippen LogP contribution is 2.38. The summed E-state index contributed by atoms with van der Waals surface area (Å²) < 4.78 is 51.2. The maximum Gasteiger partial charge on any atom is 0.198 e. The number of hydrogen-bond donors (Lipinski definition) is 1. The van der Waals surface area contributed by atoms with E-state index in [1.54, 1.807) is 25.2 Å². The minimum Gasteiger partial charge on any atom is -0.493 e. The van der Waals surface area contributed by atoms with E-state index in [1.807, 2.05) is 0 Å². The fourth-order valence-corrected chi connectivity index (χ4v) is 3.51. The second-order valence-corrected chi connectivity index (χ2v) is 7.25. The second-order valence-electron chi connectivity index (χ2n) is 7.25. The molecule has 9 heteroatoms. The van der Waals surface area contributed by atoms with Crippen LogP contribution in [0.2, 0.25) is 0 Å². The van der Waals surface area contributed by atoms with Crippen molar-refractivity contribution in [3.05, 3.63) is 48.2 Å². The van der Waals surface area contributed by atoms with E-state index in [9.17, 15) is 8.78 Å². The summed E-state index contributed by atoms with van der Waals surface area (Å²) in [6, 6.07) is 7.31. The molecular formula is C23H25F2N3O4. The van der Waals surface area contributed by atoms with Gasteiger partial charge in [0.05, 0.1) is 25.8 Å². The summed E-state index contributed by atoms with van der Waals surface area (Å²) in [6.07, 6.45) is 1.51. The molecule has 1 saturated heterocycles. The van der Waals surface area contributed by atoms with Gasteiger partial charge in [-0.3, -0.25) is 9.88 Å². The third-order valence-electron chi connectivity index (χ3n) is 5.25. The van der Waals surface area contributed by atoms with Crippen LogP contribution in [0.3, 0.4) is 0 Å². The zero-order valence-corrected chi connectivity index (χ0v) is 18.0. The van der Waals surface area contributed by atoms with Crippen LogP contribution in [0.1, 0.15) is 0 Å². The molecule has 0 spiro atoms. The van der Waals surface area contributed by atoms with Crippen LogP contribution < -0.4 is 19.5 Å². The van der Waals surface area contributed by atoms with Crippen molar-refractivity contribution in [1.29, 1.82) is 0 Å². The van der Waals surface area contributed by atoms with Crippen LogP contribution in [0.4, 0.5) is 14.5 Å². The number of ether oxygens (including phenoxy) is 4. The number of nitrogens with zero attached hydrogens (tertiary/aromatic N) is 2. The lowest BCUT2D eigenvalue weighted by Crippen LogP contribution is -2.38. The largest absolute Gasteiger partial charge is 0.493 e. The molecule has 3 aromatic rings. The Kier molecular flexibility index (Phi) is 6.87. The molecule has 0 unspecified atom stereocenters. The predicted octanol–water partition coefficient (Wildman–Crippen LogP) is 4.07. The average Bonchev–Trinajstić information content (AvgIpc) is 2.81.